The van der Waals surface area contributed by atoms with Crippen molar-refractivity contribution < 1.29 is 24.2 Å². The molecule has 0 aromatic heterocycles. The lowest BCUT2D eigenvalue weighted by atomic mass is 9.38. The van der Waals surface area contributed by atoms with E-state index in [0.29, 0.717) is 32.3 Å². The number of hydrogen-bond donors (Lipinski definition) is 1. The Hall–Kier alpha value is -2.26. The number of carbonyl (C=O) groups excluding carboxylic acids is 3. The minimum absolute atomic E-state index is 0.0782. The van der Waals surface area contributed by atoms with Gasteiger partial charge in [0.25, 0.3) is 0 Å². The number of esters is 1. The first-order valence-corrected chi connectivity index (χ1v) is 15.5. The van der Waals surface area contributed by atoms with Gasteiger partial charge < -0.3 is 9.84 Å². The predicted molar refractivity (Wildman–Crippen MR) is 161 cm³/mol. The molecule has 0 amide bonds. The van der Waals surface area contributed by atoms with E-state index in [2.05, 4.69) is 40.7 Å². The summed E-state index contributed by atoms with van der Waals surface area (Å²) in [5.74, 6) is -0.826. The number of ether oxygens (including phenoxy) is 1. The maximum Gasteiger partial charge on any atom is 0.311 e. The first kappa shape index (κ1) is 33.2. The topological polar surface area (TPSA) is 104 Å². The van der Waals surface area contributed by atoms with Gasteiger partial charge in [0, 0.05) is 16.2 Å². The van der Waals surface area contributed by atoms with Crippen molar-refractivity contribution >= 4 is 17.5 Å². The smallest absolute Gasteiger partial charge is 0.311 e. The van der Waals surface area contributed by atoms with Gasteiger partial charge in [0.05, 0.1) is 17.6 Å². The van der Waals surface area contributed by atoms with E-state index in [1.54, 1.807) is 19.1 Å². The number of hydrogen-bond acceptors (Lipinski definition) is 6. The molecule has 0 bridgehead atoms. The van der Waals surface area contributed by atoms with Crippen LogP contribution in [0, 0.1) is 49.7 Å². The largest absolute Gasteiger partial charge is 0.466 e. The van der Waals surface area contributed by atoms with Crippen molar-refractivity contribution in [1.29, 1.82) is 5.26 Å². The van der Waals surface area contributed by atoms with Crippen molar-refractivity contribution in [2.24, 2.45) is 38.4 Å². The molecule has 6 atom stereocenters. The van der Waals surface area contributed by atoms with Gasteiger partial charge in [-0.05, 0) is 87.7 Å². The molecule has 3 aliphatic carbocycles. The first-order valence-electron chi connectivity index (χ1n) is 15.5. The number of Topliss-reactive ketones (excluding diaryl/α,β-unsaturated/α-hetero) is 1. The van der Waals surface area contributed by atoms with Crippen LogP contribution in [-0.4, -0.2) is 34.9 Å². The average molecular weight is 568 g/mol. The summed E-state index contributed by atoms with van der Waals surface area (Å²) in [5, 5.41) is 21.9. The molecule has 0 saturated heterocycles. The molecule has 1 fully saturated rings. The summed E-state index contributed by atoms with van der Waals surface area (Å²) in [6, 6.07) is 2.12. The minimum Gasteiger partial charge on any atom is -0.466 e. The molecule has 41 heavy (non-hydrogen) atoms. The molecule has 1 saturated carbocycles. The lowest BCUT2D eigenvalue weighted by Crippen LogP contribution is -2.66. The minimum atomic E-state index is -1.66. The molecule has 0 heterocycles. The Kier molecular flexibility index (Phi) is 8.49. The van der Waals surface area contributed by atoms with Gasteiger partial charge in [-0.15, -0.1) is 0 Å². The summed E-state index contributed by atoms with van der Waals surface area (Å²) in [5.41, 5.74) is -4.29. The molecular formula is C35H53NO5. The van der Waals surface area contributed by atoms with E-state index in [-0.39, 0.29) is 34.4 Å². The zero-order valence-corrected chi connectivity index (χ0v) is 27.4. The maximum atomic E-state index is 13.8. The molecule has 228 valence electrons. The van der Waals surface area contributed by atoms with Crippen molar-refractivity contribution in [2.75, 3.05) is 6.61 Å². The molecule has 3 rings (SSSR count). The third-order valence-electron chi connectivity index (χ3n) is 12.4. The van der Waals surface area contributed by atoms with Gasteiger partial charge in [-0.1, -0.05) is 67.9 Å². The van der Waals surface area contributed by atoms with Crippen molar-refractivity contribution in [3.05, 3.63) is 23.3 Å². The predicted octanol–water partition coefficient (Wildman–Crippen LogP) is 7.30. The number of nitrogens with zero attached hydrogens (tertiary/aromatic N) is 1. The summed E-state index contributed by atoms with van der Waals surface area (Å²) in [6.45, 7) is 22.3. The highest BCUT2D eigenvalue weighted by Crippen LogP contribution is 2.70. The fourth-order valence-corrected chi connectivity index (χ4v) is 8.33. The molecule has 6 heteroatoms. The van der Waals surface area contributed by atoms with E-state index >= 15 is 0 Å². The Morgan fingerprint density at radius 3 is 2.22 bits per heavy atom. The summed E-state index contributed by atoms with van der Waals surface area (Å²) < 4.78 is 5.58. The molecule has 0 radical (unpaired) electrons. The lowest BCUT2D eigenvalue weighted by Gasteiger charge is -2.65. The van der Waals surface area contributed by atoms with Crippen molar-refractivity contribution in [1.82, 2.24) is 0 Å². The molecular weight excluding hydrogens is 514 g/mol. The summed E-state index contributed by atoms with van der Waals surface area (Å²) in [6.07, 6.45) is 8.23. The molecule has 0 spiro atoms. The number of ketones is 2. The monoisotopic (exact) mass is 567 g/mol. The molecule has 6 nitrogen and oxygen atoms in total. The number of nitriles is 1. The van der Waals surface area contributed by atoms with Gasteiger partial charge in [-0.3, -0.25) is 14.4 Å². The standard InChI is InChI=1S/C35H53NO5/c1-12-29(3,4)16-17-31(7,28(39)41-13-2)18-19-34(10)33(9)15-14-24-30(5,6)27(38)23(22-36)21-32(24,8)25(33)20-26(37)35(34,11)40/h20-21,24,40H,12-19H2,1-11H3/t24-,31-,32-,33+,34-,35+/m0/s1. The van der Waals surface area contributed by atoms with Crippen LogP contribution in [0.1, 0.15) is 121 Å². The van der Waals surface area contributed by atoms with Gasteiger partial charge in [0.2, 0.25) is 0 Å². The van der Waals surface area contributed by atoms with Gasteiger partial charge in [0.1, 0.15) is 11.7 Å². The number of allylic oxidation sites excluding steroid dienone is 3. The Balaban J connectivity index is 2.13. The Morgan fingerprint density at radius 1 is 1.07 bits per heavy atom. The third-order valence-corrected chi connectivity index (χ3v) is 12.4. The quantitative estimate of drug-likeness (QED) is 0.293. The highest BCUT2D eigenvalue weighted by molar-refractivity contribution is 6.05. The normalized spacial score (nSPS) is 36.2. The summed E-state index contributed by atoms with van der Waals surface area (Å²) >= 11 is 0. The first-order chi connectivity index (χ1) is 18.6. The second-order valence-corrected chi connectivity index (χ2v) is 15.6. The Morgan fingerprint density at radius 2 is 1.68 bits per heavy atom. The second kappa shape index (κ2) is 10.5. The zero-order chi connectivity index (χ0) is 31.4. The zero-order valence-electron chi connectivity index (χ0n) is 27.4. The fourth-order valence-electron chi connectivity index (χ4n) is 8.33. The van der Waals surface area contributed by atoms with Crippen molar-refractivity contribution in [3.8, 4) is 6.07 Å². The van der Waals surface area contributed by atoms with E-state index in [0.717, 1.165) is 24.8 Å². The Labute approximate surface area is 248 Å². The van der Waals surface area contributed by atoms with Gasteiger partial charge in [0.15, 0.2) is 11.6 Å². The Bertz CT molecular complexity index is 1220. The molecule has 0 unspecified atom stereocenters. The van der Waals surface area contributed by atoms with Gasteiger partial charge >= 0.3 is 5.97 Å². The van der Waals surface area contributed by atoms with Crippen LogP contribution >= 0.6 is 0 Å². The fraction of sp³-hybridized carbons (Fsp3) is 0.771. The van der Waals surface area contributed by atoms with Crippen LogP contribution < -0.4 is 0 Å². The number of carbonyl (C=O) groups is 3. The molecule has 0 aliphatic heterocycles. The van der Waals surface area contributed by atoms with Crippen LogP contribution in [-0.2, 0) is 19.1 Å². The number of aliphatic hydroxyl groups is 1. The highest BCUT2D eigenvalue weighted by Gasteiger charge is 2.68. The van der Waals surface area contributed by atoms with E-state index in [4.69, 9.17) is 4.74 Å². The van der Waals surface area contributed by atoms with E-state index in [1.165, 1.54) is 0 Å². The SMILES string of the molecule is CCOC(=O)[C@@](C)(CCC(C)(C)CC)CC[C@]1(C)[C@](C)(O)C(=O)C=C2[C@@]3(C)C=C(C#N)C(=O)C(C)(C)[C@@H]3CC[C@]21C. The summed E-state index contributed by atoms with van der Waals surface area (Å²) in [4.78, 5) is 40.5. The van der Waals surface area contributed by atoms with Crippen LogP contribution in [0.15, 0.2) is 23.3 Å². The van der Waals surface area contributed by atoms with Crippen LogP contribution in [0.25, 0.3) is 0 Å². The van der Waals surface area contributed by atoms with E-state index < -0.39 is 32.7 Å². The van der Waals surface area contributed by atoms with Crippen molar-refractivity contribution in [2.45, 2.75) is 127 Å². The number of fused-ring (bicyclic) bond motifs is 3. The summed E-state index contributed by atoms with van der Waals surface area (Å²) in [7, 11) is 0. The highest BCUT2D eigenvalue weighted by atomic mass is 16.5. The van der Waals surface area contributed by atoms with Gasteiger partial charge in [-0.2, -0.15) is 5.26 Å². The lowest BCUT2D eigenvalue weighted by molar-refractivity contribution is -0.176. The van der Waals surface area contributed by atoms with E-state index in [9.17, 15) is 24.8 Å². The molecule has 1 N–H and O–H groups in total. The van der Waals surface area contributed by atoms with Crippen LogP contribution in [0.3, 0.4) is 0 Å². The van der Waals surface area contributed by atoms with Crippen molar-refractivity contribution in [3.63, 3.8) is 0 Å². The van der Waals surface area contributed by atoms with Crippen LogP contribution in [0.2, 0.25) is 0 Å². The van der Waals surface area contributed by atoms with E-state index in [1.807, 2.05) is 34.6 Å². The average Bonchev–Trinajstić information content (AvgIpc) is 2.89. The third kappa shape index (κ3) is 4.94. The van der Waals surface area contributed by atoms with Crippen LogP contribution in [0.5, 0.6) is 0 Å². The molecule has 3 aliphatic rings. The maximum absolute atomic E-state index is 13.8. The number of rotatable bonds is 9. The van der Waals surface area contributed by atoms with Gasteiger partial charge in [-0.25, -0.2) is 0 Å². The second-order valence-electron chi connectivity index (χ2n) is 15.6. The molecule has 0 aromatic rings. The molecule has 0 aromatic carbocycles. The van der Waals surface area contributed by atoms with Crippen LogP contribution in [0.4, 0.5) is 0 Å².